The molecule has 6 nitrogen and oxygen atoms in total. The minimum Gasteiger partial charge on any atom is -0.465 e. The second-order valence-electron chi connectivity index (χ2n) is 5.86. The van der Waals surface area contributed by atoms with Gasteiger partial charge in [0.15, 0.2) is 0 Å². The Labute approximate surface area is 172 Å². The molecule has 1 aromatic rings. The van der Waals surface area contributed by atoms with E-state index in [9.17, 15) is 27.2 Å². The molecule has 2 heterocycles. The SMILES string of the molecule is CCOC(=O)CSc1cc(N2C(=O)C=C(C(F)(F)F)N3CCN=C32)c(F)cc1Cl. The third kappa shape index (κ3) is 4.35. The van der Waals surface area contributed by atoms with Gasteiger partial charge in [-0.25, -0.2) is 9.29 Å². The van der Waals surface area contributed by atoms with Crippen LogP contribution in [0.4, 0.5) is 23.2 Å². The molecule has 0 saturated carbocycles. The van der Waals surface area contributed by atoms with Crippen LogP contribution >= 0.6 is 23.4 Å². The predicted molar refractivity (Wildman–Crippen MR) is 99.4 cm³/mol. The summed E-state index contributed by atoms with van der Waals surface area (Å²) in [5, 5.41) is -0.0123. The van der Waals surface area contributed by atoms with E-state index < -0.39 is 29.6 Å². The molecular weight excluding hydrogens is 438 g/mol. The lowest BCUT2D eigenvalue weighted by molar-refractivity contribution is -0.139. The van der Waals surface area contributed by atoms with Crippen molar-refractivity contribution in [2.24, 2.45) is 4.99 Å². The second-order valence-corrected chi connectivity index (χ2v) is 7.29. The summed E-state index contributed by atoms with van der Waals surface area (Å²) in [7, 11) is 0. The van der Waals surface area contributed by atoms with Crippen LogP contribution in [0, 0.1) is 5.82 Å². The zero-order valence-corrected chi connectivity index (χ0v) is 16.5. The predicted octanol–water partition coefficient (Wildman–Crippen LogP) is 3.60. The van der Waals surface area contributed by atoms with Gasteiger partial charge in [-0.3, -0.25) is 14.6 Å². The summed E-state index contributed by atoms with van der Waals surface area (Å²) >= 11 is 6.97. The number of benzene rings is 1. The first-order chi connectivity index (χ1) is 13.6. The molecule has 2 aliphatic rings. The Balaban J connectivity index is 1.98. The summed E-state index contributed by atoms with van der Waals surface area (Å²) in [6, 6.07) is 2.13. The van der Waals surface area contributed by atoms with Crippen LogP contribution in [-0.4, -0.2) is 54.4 Å². The Kier molecular flexibility index (Phi) is 6.08. The van der Waals surface area contributed by atoms with E-state index in [1.807, 2.05) is 0 Å². The maximum atomic E-state index is 14.6. The molecule has 0 aliphatic carbocycles. The van der Waals surface area contributed by atoms with Crippen molar-refractivity contribution >= 4 is 46.9 Å². The molecule has 12 heteroatoms. The number of hydrogen-bond donors (Lipinski definition) is 0. The fourth-order valence-electron chi connectivity index (χ4n) is 2.81. The van der Waals surface area contributed by atoms with Crippen molar-refractivity contribution in [2.45, 2.75) is 18.0 Å². The number of carbonyl (C=O) groups is 2. The molecule has 2 aliphatic heterocycles. The quantitative estimate of drug-likeness (QED) is 0.389. The molecule has 29 heavy (non-hydrogen) atoms. The van der Waals surface area contributed by atoms with Gasteiger partial charge in [0.2, 0.25) is 5.96 Å². The Morgan fingerprint density at radius 2 is 2.10 bits per heavy atom. The number of alkyl halides is 3. The van der Waals surface area contributed by atoms with E-state index in [2.05, 4.69) is 4.99 Å². The number of thioether (sulfide) groups is 1. The van der Waals surface area contributed by atoms with Crippen LogP contribution in [0.1, 0.15) is 6.92 Å². The number of anilines is 1. The van der Waals surface area contributed by atoms with E-state index in [0.29, 0.717) is 6.08 Å². The lowest BCUT2D eigenvalue weighted by Gasteiger charge is -2.35. The van der Waals surface area contributed by atoms with Crippen LogP contribution in [-0.2, 0) is 14.3 Å². The van der Waals surface area contributed by atoms with Crippen LogP contribution in [0.5, 0.6) is 0 Å². The van der Waals surface area contributed by atoms with Crippen molar-refractivity contribution < 1.29 is 31.9 Å². The maximum absolute atomic E-state index is 14.6. The van der Waals surface area contributed by atoms with Crippen molar-refractivity contribution in [3.63, 3.8) is 0 Å². The van der Waals surface area contributed by atoms with Crippen molar-refractivity contribution in [3.8, 4) is 0 Å². The topological polar surface area (TPSA) is 62.2 Å². The van der Waals surface area contributed by atoms with E-state index in [0.717, 1.165) is 27.6 Å². The minimum absolute atomic E-state index is 0.0123. The van der Waals surface area contributed by atoms with Crippen LogP contribution in [0.3, 0.4) is 0 Å². The zero-order valence-electron chi connectivity index (χ0n) is 14.9. The summed E-state index contributed by atoms with van der Waals surface area (Å²) in [6.07, 6.45) is -4.35. The van der Waals surface area contributed by atoms with Gasteiger partial charge in [0.25, 0.3) is 5.91 Å². The molecule has 0 fully saturated rings. The van der Waals surface area contributed by atoms with Gasteiger partial charge in [0.1, 0.15) is 11.5 Å². The van der Waals surface area contributed by atoms with Gasteiger partial charge in [-0.1, -0.05) is 11.6 Å². The number of ether oxygens (including phenoxy) is 1. The monoisotopic (exact) mass is 451 g/mol. The number of halogens is 5. The number of allylic oxidation sites excluding steroid dienone is 1. The molecule has 0 bridgehead atoms. The van der Waals surface area contributed by atoms with E-state index in [1.54, 1.807) is 6.92 Å². The average Bonchev–Trinajstić information content (AvgIpc) is 3.09. The largest absolute Gasteiger partial charge is 0.465 e. The number of esters is 1. The van der Waals surface area contributed by atoms with Gasteiger partial charge in [-0.05, 0) is 19.1 Å². The van der Waals surface area contributed by atoms with E-state index in [-0.39, 0.29) is 47.0 Å². The highest BCUT2D eigenvalue weighted by Gasteiger charge is 2.47. The smallest absolute Gasteiger partial charge is 0.431 e. The molecule has 0 N–H and O–H groups in total. The van der Waals surface area contributed by atoms with Crippen molar-refractivity contribution in [1.82, 2.24) is 4.90 Å². The minimum atomic E-state index is -4.76. The molecule has 0 atom stereocenters. The number of guanidine groups is 1. The molecule has 156 valence electrons. The van der Waals surface area contributed by atoms with E-state index in [4.69, 9.17) is 16.3 Å². The highest BCUT2D eigenvalue weighted by Crippen LogP contribution is 2.38. The van der Waals surface area contributed by atoms with Gasteiger partial charge >= 0.3 is 12.1 Å². The normalized spacial score (nSPS) is 16.6. The Morgan fingerprint density at radius 1 is 1.38 bits per heavy atom. The Hall–Kier alpha value is -2.27. The second kappa shape index (κ2) is 8.23. The van der Waals surface area contributed by atoms with Crippen LogP contribution in [0.25, 0.3) is 0 Å². The van der Waals surface area contributed by atoms with Crippen LogP contribution < -0.4 is 4.90 Å². The van der Waals surface area contributed by atoms with E-state index >= 15 is 0 Å². The zero-order chi connectivity index (χ0) is 21.3. The molecule has 0 saturated heterocycles. The van der Waals surface area contributed by atoms with E-state index in [1.165, 1.54) is 6.07 Å². The lowest BCUT2D eigenvalue weighted by atomic mass is 10.2. The number of fused-ring (bicyclic) bond motifs is 1. The lowest BCUT2D eigenvalue weighted by Crippen LogP contribution is -2.51. The third-order valence-electron chi connectivity index (χ3n) is 3.97. The Bertz CT molecular complexity index is 920. The molecule has 0 spiro atoms. The summed E-state index contributed by atoms with van der Waals surface area (Å²) in [4.78, 5) is 29.8. The number of hydrogen-bond acceptors (Lipinski definition) is 6. The van der Waals surface area contributed by atoms with Gasteiger partial charge in [0.05, 0.1) is 29.6 Å². The third-order valence-corrected chi connectivity index (χ3v) is 5.43. The van der Waals surface area contributed by atoms with Crippen molar-refractivity contribution in [1.29, 1.82) is 0 Å². The highest BCUT2D eigenvalue weighted by molar-refractivity contribution is 8.00. The molecule has 3 rings (SSSR count). The maximum Gasteiger partial charge on any atom is 0.431 e. The first-order valence-electron chi connectivity index (χ1n) is 8.36. The average molecular weight is 452 g/mol. The Morgan fingerprint density at radius 3 is 2.76 bits per heavy atom. The first-order valence-corrected chi connectivity index (χ1v) is 9.72. The van der Waals surface area contributed by atoms with Gasteiger partial charge < -0.3 is 9.64 Å². The number of amides is 1. The fraction of sp³-hybridized carbons (Fsp3) is 0.353. The number of carbonyl (C=O) groups excluding carboxylic acids is 2. The number of nitrogens with zero attached hydrogens (tertiary/aromatic N) is 3. The molecule has 0 aromatic heterocycles. The summed E-state index contributed by atoms with van der Waals surface area (Å²) in [5.41, 5.74) is -1.46. The summed E-state index contributed by atoms with van der Waals surface area (Å²) < 4.78 is 59.1. The van der Waals surface area contributed by atoms with Crippen LogP contribution in [0.15, 0.2) is 33.8 Å². The first kappa shape index (κ1) is 21.4. The molecule has 0 unspecified atom stereocenters. The van der Waals surface area contributed by atoms with Gasteiger partial charge in [-0.15, -0.1) is 11.8 Å². The molecule has 1 aromatic carbocycles. The van der Waals surface area contributed by atoms with Gasteiger partial charge in [0, 0.05) is 17.5 Å². The standard InChI is InChI=1S/C17H14ClF4N3O3S/c1-2-28-15(27)8-29-12-6-11(10(19)5-9(12)18)25-14(26)7-13(17(20,21)22)24-4-3-23-16(24)25/h5-7H,2-4,8H2,1H3. The van der Waals surface area contributed by atoms with Crippen molar-refractivity contribution in [3.05, 3.63) is 34.7 Å². The summed E-state index contributed by atoms with van der Waals surface area (Å²) in [6.45, 7) is 1.76. The fourth-order valence-corrected chi connectivity index (χ4v) is 3.88. The molecule has 0 radical (unpaired) electrons. The van der Waals surface area contributed by atoms with Gasteiger partial charge in [-0.2, -0.15) is 13.2 Å². The molecule has 1 amide bonds. The molecular formula is C17H14ClF4N3O3S. The highest BCUT2D eigenvalue weighted by atomic mass is 35.5. The van der Waals surface area contributed by atoms with Crippen molar-refractivity contribution in [2.75, 3.05) is 30.3 Å². The summed E-state index contributed by atoms with van der Waals surface area (Å²) in [5.74, 6) is -2.94. The number of rotatable bonds is 5. The number of aliphatic imine (C=N–C) groups is 1. The van der Waals surface area contributed by atoms with Crippen LogP contribution in [0.2, 0.25) is 5.02 Å².